The van der Waals surface area contributed by atoms with Gasteiger partial charge in [-0.1, -0.05) is 25.1 Å². The molecule has 5 nitrogen and oxygen atoms in total. The summed E-state index contributed by atoms with van der Waals surface area (Å²) < 4.78 is 5.45. The van der Waals surface area contributed by atoms with E-state index in [0.717, 1.165) is 70.9 Å². The zero-order valence-corrected chi connectivity index (χ0v) is 15.6. The van der Waals surface area contributed by atoms with Crippen molar-refractivity contribution in [1.82, 2.24) is 14.7 Å². The van der Waals surface area contributed by atoms with E-state index in [-0.39, 0.29) is 5.92 Å². The molecule has 1 amide bonds. The van der Waals surface area contributed by atoms with Crippen LogP contribution in [0.15, 0.2) is 24.3 Å². The standard InChI is InChI=1S/C20H31N3O2/c1-3-21-12-14-23(15-13-21)20(24)17-8-10-22(11-9-17)16-18-6-4-5-7-19(18)25-2/h4-7,17H,3,8-16H2,1-2H3. The summed E-state index contributed by atoms with van der Waals surface area (Å²) >= 11 is 0. The van der Waals surface area contributed by atoms with Gasteiger partial charge >= 0.3 is 0 Å². The number of benzene rings is 1. The molecule has 0 aliphatic carbocycles. The fourth-order valence-corrected chi connectivity index (χ4v) is 3.96. The monoisotopic (exact) mass is 345 g/mol. The number of hydrogen-bond acceptors (Lipinski definition) is 4. The molecule has 0 radical (unpaired) electrons. The number of ether oxygens (including phenoxy) is 1. The van der Waals surface area contributed by atoms with Crippen LogP contribution in [0.2, 0.25) is 0 Å². The van der Waals surface area contributed by atoms with Crippen LogP contribution >= 0.6 is 0 Å². The van der Waals surface area contributed by atoms with Crippen LogP contribution in [-0.2, 0) is 11.3 Å². The van der Waals surface area contributed by atoms with Gasteiger partial charge in [0.05, 0.1) is 7.11 Å². The Bertz CT molecular complexity index is 562. The van der Waals surface area contributed by atoms with E-state index < -0.39 is 0 Å². The Labute approximate surface area is 151 Å². The summed E-state index contributed by atoms with van der Waals surface area (Å²) in [5.74, 6) is 1.55. The highest BCUT2D eigenvalue weighted by molar-refractivity contribution is 5.79. The minimum absolute atomic E-state index is 0.210. The van der Waals surface area contributed by atoms with E-state index in [1.165, 1.54) is 5.56 Å². The third-order valence-corrected chi connectivity index (χ3v) is 5.65. The van der Waals surface area contributed by atoms with Crippen LogP contribution in [0.1, 0.15) is 25.3 Å². The molecule has 2 aliphatic rings. The van der Waals surface area contributed by atoms with Gasteiger partial charge in [-0.3, -0.25) is 9.69 Å². The first-order valence-corrected chi connectivity index (χ1v) is 9.56. The second kappa shape index (κ2) is 8.68. The highest BCUT2D eigenvalue weighted by Crippen LogP contribution is 2.24. The van der Waals surface area contributed by atoms with Crippen LogP contribution in [0.5, 0.6) is 5.75 Å². The Hall–Kier alpha value is -1.59. The van der Waals surface area contributed by atoms with E-state index in [0.29, 0.717) is 5.91 Å². The quantitative estimate of drug-likeness (QED) is 0.819. The van der Waals surface area contributed by atoms with Crippen molar-refractivity contribution in [3.63, 3.8) is 0 Å². The van der Waals surface area contributed by atoms with Crippen LogP contribution in [0.25, 0.3) is 0 Å². The normalized spacial score (nSPS) is 20.6. The van der Waals surface area contributed by atoms with Gasteiger partial charge in [-0.15, -0.1) is 0 Å². The molecular weight excluding hydrogens is 314 g/mol. The van der Waals surface area contributed by atoms with Crippen LogP contribution < -0.4 is 4.74 Å². The number of rotatable bonds is 5. The first-order chi connectivity index (χ1) is 12.2. The predicted octanol–water partition coefficient (Wildman–Crippen LogP) is 2.07. The fraction of sp³-hybridized carbons (Fsp3) is 0.650. The van der Waals surface area contributed by atoms with E-state index in [2.05, 4.69) is 33.8 Å². The van der Waals surface area contributed by atoms with Crippen molar-refractivity contribution in [2.75, 3.05) is 52.9 Å². The molecule has 2 fully saturated rings. The van der Waals surface area contributed by atoms with E-state index in [1.54, 1.807) is 7.11 Å². The number of nitrogens with zero attached hydrogens (tertiary/aromatic N) is 3. The minimum atomic E-state index is 0.210. The van der Waals surface area contributed by atoms with Crippen molar-refractivity contribution < 1.29 is 9.53 Å². The number of piperidine rings is 1. The van der Waals surface area contributed by atoms with Crippen LogP contribution in [0.3, 0.4) is 0 Å². The molecule has 3 rings (SSSR count). The highest BCUT2D eigenvalue weighted by Gasteiger charge is 2.30. The van der Waals surface area contributed by atoms with Gasteiger partial charge < -0.3 is 14.5 Å². The zero-order valence-electron chi connectivity index (χ0n) is 15.6. The third kappa shape index (κ3) is 4.53. The molecule has 138 valence electrons. The molecule has 2 aliphatic heterocycles. The number of likely N-dealkylation sites (tertiary alicyclic amines) is 1. The molecule has 0 atom stereocenters. The van der Waals surface area contributed by atoms with E-state index >= 15 is 0 Å². The van der Waals surface area contributed by atoms with Crippen molar-refractivity contribution in [3.8, 4) is 5.75 Å². The topological polar surface area (TPSA) is 36.0 Å². The molecule has 0 aromatic heterocycles. The maximum atomic E-state index is 12.8. The number of carbonyl (C=O) groups excluding carboxylic acids is 1. The number of para-hydroxylation sites is 1. The summed E-state index contributed by atoms with van der Waals surface area (Å²) in [6.07, 6.45) is 1.95. The second-order valence-corrected chi connectivity index (χ2v) is 7.12. The predicted molar refractivity (Wildman–Crippen MR) is 99.7 cm³/mol. The first-order valence-electron chi connectivity index (χ1n) is 9.56. The van der Waals surface area contributed by atoms with Crippen molar-refractivity contribution >= 4 is 5.91 Å². The number of carbonyl (C=O) groups is 1. The van der Waals surface area contributed by atoms with Gasteiger partial charge in [0.15, 0.2) is 0 Å². The average Bonchev–Trinajstić information content (AvgIpc) is 2.68. The van der Waals surface area contributed by atoms with Crippen LogP contribution in [0.4, 0.5) is 0 Å². The highest BCUT2D eigenvalue weighted by atomic mass is 16.5. The van der Waals surface area contributed by atoms with Crippen molar-refractivity contribution in [1.29, 1.82) is 0 Å². The zero-order chi connectivity index (χ0) is 17.6. The SMILES string of the molecule is CCN1CCN(C(=O)C2CCN(Cc3ccccc3OC)CC2)CC1. The molecule has 0 unspecified atom stereocenters. The summed E-state index contributed by atoms with van der Waals surface area (Å²) in [7, 11) is 1.72. The Balaban J connectivity index is 1.48. The largest absolute Gasteiger partial charge is 0.496 e. The van der Waals surface area contributed by atoms with E-state index in [9.17, 15) is 4.79 Å². The molecule has 1 aromatic carbocycles. The Kier molecular flexibility index (Phi) is 6.32. The van der Waals surface area contributed by atoms with Gasteiger partial charge in [0.2, 0.25) is 5.91 Å². The number of methoxy groups -OCH3 is 1. The Morgan fingerprint density at radius 2 is 1.72 bits per heavy atom. The maximum Gasteiger partial charge on any atom is 0.225 e. The van der Waals surface area contributed by atoms with Gasteiger partial charge in [0.1, 0.15) is 5.75 Å². The maximum absolute atomic E-state index is 12.8. The van der Waals surface area contributed by atoms with Crippen molar-refractivity contribution in [2.24, 2.45) is 5.92 Å². The van der Waals surface area contributed by atoms with Gasteiger partial charge in [-0.05, 0) is 38.5 Å². The summed E-state index contributed by atoms with van der Waals surface area (Å²) in [6, 6.07) is 8.21. The molecular formula is C20H31N3O2. The van der Waals surface area contributed by atoms with Gasteiger partial charge in [-0.2, -0.15) is 0 Å². The fourth-order valence-electron chi connectivity index (χ4n) is 3.96. The Morgan fingerprint density at radius 3 is 2.36 bits per heavy atom. The summed E-state index contributed by atoms with van der Waals surface area (Å²) in [4.78, 5) is 19.7. The molecule has 1 aromatic rings. The molecule has 25 heavy (non-hydrogen) atoms. The van der Waals surface area contributed by atoms with Gasteiger partial charge in [-0.25, -0.2) is 0 Å². The third-order valence-electron chi connectivity index (χ3n) is 5.65. The van der Waals surface area contributed by atoms with Crippen LogP contribution in [-0.4, -0.2) is 73.5 Å². The molecule has 2 heterocycles. The van der Waals surface area contributed by atoms with Gasteiger partial charge in [0.25, 0.3) is 0 Å². The Morgan fingerprint density at radius 1 is 1.04 bits per heavy atom. The van der Waals surface area contributed by atoms with E-state index in [4.69, 9.17) is 4.74 Å². The van der Waals surface area contributed by atoms with Crippen molar-refractivity contribution in [2.45, 2.75) is 26.3 Å². The van der Waals surface area contributed by atoms with Crippen molar-refractivity contribution in [3.05, 3.63) is 29.8 Å². The molecule has 2 saturated heterocycles. The lowest BCUT2D eigenvalue weighted by Gasteiger charge is -2.38. The van der Waals surface area contributed by atoms with Gasteiger partial charge in [0, 0.05) is 44.2 Å². The molecule has 0 bridgehead atoms. The molecule has 5 heteroatoms. The lowest BCUT2D eigenvalue weighted by molar-refractivity contribution is -0.138. The van der Waals surface area contributed by atoms with E-state index in [1.807, 2.05) is 12.1 Å². The number of piperazine rings is 1. The lowest BCUT2D eigenvalue weighted by Crippen LogP contribution is -2.51. The second-order valence-electron chi connectivity index (χ2n) is 7.12. The lowest BCUT2D eigenvalue weighted by atomic mass is 9.94. The number of likely N-dealkylation sites (N-methyl/N-ethyl adjacent to an activating group) is 1. The molecule has 0 N–H and O–H groups in total. The average molecular weight is 345 g/mol. The summed E-state index contributed by atoms with van der Waals surface area (Å²) in [6.45, 7) is 10.00. The summed E-state index contributed by atoms with van der Waals surface area (Å²) in [5, 5.41) is 0. The van der Waals surface area contributed by atoms with Crippen LogP contribution in [0, 0.1) is 5.92 Å². The molecule has 0 saturated carbocycles. The number of hydrogen-bond donors (Lipinski definition) is 0. The number of amides is 1. The summed E-state index contributed by atoms with van der Waals surface area (Å²) in [5.41, 5.74) is 1.23. The molecule has 0 spiro atoms. The first kappa shape index (κ1) is 18.2. The minimum Gasteiger partial charge on any atom is -0.496 e. The smallest absolute Gasteiger partial charge is 0.225 e.